The van der Waals surface area contributed by atoms with Gasteiger partial charge in [-0.3, -0.25) is 4.98 Å². The van der Waals surface area contributed by atoms with Gasteiger partial charge in [0, 0.05) is 37.8 Å². The van der Waals surface area contributed by atoms with Gasteiger partial charge in [0.1, 0.15) is 11.3 Å². The van der Waals surface area contributed by atoms with E-state index in [1.54, 1.807) is 6.20 Å². The van der Waals surface area contributed by atoms with Crippen LogP contribution >= 0.6 is 0 Å². The number of anilines is 2. The topological polar surface area (TPSA) is 41.3 Å². The van der Waals surface area contributed by atoms with Crippen LogP contribution in [0.4, 0.5) is 11.4 Å². The molecule has 4 heteroatoms. The Morgan fingerprint density at radius 1 is 1.19 bits per heavy atom. The normalized spacial score (nSPS) is 10.8. The lowest BCUT2D eigenvalue weighted by molar-refractivity contribution is 0.573. The molecule has 1 N–H and O–H groups in total. The van der Waals surface area contributed by atoms with Crippen LogP contribution in [0.5, 0.6) is 0 Å². The highest BCUT2D eigenvalue weighted by Crippen LogP contribution is 2.28. The fourth-order valence-electron chi connectivity index (χ4n) is 2.54. The molecule has 2 aromatic heterocycles. The van der Waals surface area contributed by atoms with Crippen LogP contribution in [0.25, 0.3) is 11.0 Å². The van der Waals surface area contributed by atoms with Gasteiger partial charge in [-0.2, -0.15) is 0 Å². The number of aryl methyl sites for hydroxylation is 1. The number of nitrogens with one attached hydrogen (secondary N) is 1. The Labute approximate surface area is 124 Å². The van der Waals surface area contributed by atoms with Crippen molar-refractivity contribution >= 4 is 22.3 Å². The molecule has 0 radical (unpaired) electrons. The minimum absolute atomic E-state index is 0.718. The molecule has 0 bridgehead atoms. The van der Waals surface area contributed by atoms with Gasteiger partial charge in [-0.25, -0.2) is 0 Å². The summed E-state index contributed by atoms with van der Waals surface area (Å²) in [5.41, 5.74) is 4.27. The van der Waals surface area contributed by atoms with Crippen LogP contribution in [0.2, 0.25) is 0 Å². The Balaban J connectivity index is 1.89. The number of para-hydroxylation sites is 1. The van der Waals surface area contributed by atoms with E-state index >= 15 is 0 Å². The molecular formula is C17H19N3O. The van der Waals surface area contributed by atoms with E-state index in [1.165, 1.54) is 5.56 Å². The van der Waals surface area contributed by atoms with E-state index < -0.39 is 0 Å². The van der Waals surface area contributed by atoms with Crippen molar-refractivity contribution in [2.45, 2.75) is 13.5 Å². The molecule has 0 saturated heterocycles. The van der Waals surface area contributed by atoms with Gasteiger partial charge in [-0.15, -0.1) is 0 Å². The van der Waals surface area contributed by atoms with Crippen molar-refractivity contribution in [2.75, 3.05) is 24.3 Å². The van der Waals surface area contributed by atoms with Crippen LogP contribution in [-0.4, -0.2) is 19.1 Å². The van der Waals surface area contributed by atoms with Gasteiger partial charge in [-0.1, -0.05) is 18.2 Å². The molecule has 0 unspecified atom stereocenters. The van der Waals surface area contributed by atoms with Crippen molar-refractivity contribution in [3.05, 3.63) is 54.0 Å². The zero-order valence-corrected chi connectivity index (χ0v) is 12.6. The van der Waals surface area contributed by atoms with E-state index in [4.69, 9.17) is 4.42 Å². The second kappa shape index (κ2) is 5.48. The molecule has 2 heterocycles. The Morgan fingerprint density at radius 3 is 2.81 bits per heavy atom. The van der Waals surface area contributed by atoms with Crippen LogP contribution in [0.3, 0.4) is 0 Å². The second-order valence-electron chi connectivity index (χ2n) is 5.27. The summed E-state index contributed by atoms with van der Waals surface area (Å²) in [4.78, 5) is 6.27. The van der Waals surface area contributed by atoms with E-state index in [9.17, 15) is 0 Å². The molecule has 0 amide bonds. The summed E-state index contributed by atoms with van der Waals surface area (Å²) in [5, 5.41) is 4.63. The number of benzene rings is 1. The van der Waals surface area contributed by atoms with Crippen molar-refractivity contribution in [3.8, 4) is 0 Å². The first-order chi connectivity index (χ1) is 10.2. The van der Waals surface area contributed by atoms with Crippen molar-refractivity contribution in [1.82, 2.24) is 4.98 Å². The van der Waals surface area contributed by atoms with Crippen LogP contribution in [0.15, 0.2) is 47.1 Å². The maximum Gasteiger partial charge on any atom is 0.134 e. The lowest BCUT2D eigenvalue weighted by atomic mass is 10.1. The minimum Gasteiger partial charge on any atom is -0.461 e. The van der Waals surface area contributed by atoms with Crippen LogP contribution in [-0.2, 0) is 6.54 Å². The quantitative estimate of drug-likeness (QED) is 0.789. The molecule has 0 spiro atoms. The van der Waals surface area contributed by atoms with Crippen LogP contribution in [0.1, 0.15) is 11.3 Å². The molecular weight excluding hydrogens is 262 g/mol. The Morgan fingerprint density at radius 2 is 2.00 bits per heavy atom. The number of nitrogens with zero attached hydrogens (tertiary/aromatic N) is 2. The number of rotatable bonds is 4. The molecule has 0 atom stereocenters. The second-order valence-corrected chi connectivity index (χ2v) is 5.27. The first kappa shape index (κ1) is 13.5. The third kappa shape index (κ3) is 2.57. The molecule has 0 aliphatic carbocycles. The summed E-state index contributed by atoms with van der Waals surface area (Å²) in [5.74, 6) is 0.957. The highest BCUT2D eigenvalue weighted by molar-refractivity contribution is 5.82. The smallest absolute Gasteiger partial charge is 0.134 e. The molecule has 0 saturated carbocycles. The van der Waals surface area contributed by atoms with Gasteiger partial charge < -0.3 is 14.6 Å². The van der Waals surface area contributed by atoms with E-state index in [1.807, 2.05) is 51.5 Å². The molecule has 0 fully saturated rings. The Hall–Kier alpha value is -2.49. The fraction of sp³-hybridized carbons (Fsp3) is 0.235. The largest absolute Gasteiger partial charge is 0.461 e. The maximum absolute atomic E-state index is 5.80. The monoisotopic (exact) mass is 281 g/mol. The summed E-state index contributed by atoms with van der Waals surface area (Å²) < 4.78 is 5.80. The summed E-state index contributed by atoms with van der Waals surface area (Å²) in [6.45, 7) is 2.72. The highest BCUT2D eigenvalue weighted by Gasteiger charge is 2.11. The van der Waals surface area contributed by atoms with E-state index in [0.29, 0.717) is 0 Å². The fourth-order valence-corrected chi connectivity index (χ4v) is 2.54. The molecule has 0 aliphatic rings. The van der Waals surface area contributed by atoms with Gasteiger partial charge in [-0.05, 0) is 19.1 Å². The van der Waals surface area contributed by atoms with Crippen molar-refractivity contribution in [3.63, 3.8) is 0 Å². The number of hydrogen-bond acceptors (Lipinski definition) is 4. The average molecular weight is 281 g/mol. The minimum atomic E-state index is 0.718. The van der Waals surface area contributed by atoms with Gasteiger partial charge in [0.05, 0.1) is 17.6 Å². The maximum atomic E-state index is 5.80. The number of furan rings is 1. The van der Waals surface area contributed by atoms with E-state index in [0.717, 1.165) is 34.6 Å². The molecule has 3 aromatic rings. The zero-order chi connectivity index (χ0) is 14.8. The predicted octanol–water partition coefficient (Wildman–Crippen LogP) is 3.81. The summed E-state index contributed by atoms with van der Waals surface area (Å²) >= 11 is 0. The summed E-state index contributed by atoms with van der Waals surface area (Å²) in [7, 11) is 4.05. The number of pyridine rings is 1. The van der Waals surface area contributed by atoms with Crippen molar-refractivity contribution in [2.24, 2.45) is 0 Å². The molecule has 108 valence electrons. The lowest BCUT2D eigenvalue weighted by Crippen LogP contribution is -2.12. The van der Waals surface area contributed by atoms with E-state index in [2.05, 4.69) is 21.3 Å². The molecule has 3 rings (SSSR count). The van der Waals surface area contributed by atoms with E-state index in [-0.39, 0.29) is 0 Å². The number of fused-ring (bicyclic) bond motifs is 1. The summed E-state index contributed by atoms with van der Waals surface area (Å²) in [6.07, 6.45) is 3.66. The van der Waals surface area contributed by atoms with Gasteiger partial charge in [0.25, 0.3) is 0 Å². The molecule has 0 aliphatic heterocycles. The third-order valence-corrected chi connectivity index (χ3v) is 3.64. The van der Waals surface area contributed by atoms with Gasteiger partial charge in [0.15, 0.2) is 0 Å². The Bertz CT molecular complexity index is 762. The zero-order valence-electron chi connectivity index (χ0n) is 12.6. The SMILES string of the molecule is Cc1oc2ccccc2c1CNc1cnccc1N(C)C. The summed E-state index contributed by atoms with van der Waals surface area (Å²) in [6, 6.07) is 10.1. The Kier molecular flexibility index (Phi) is 3.52. The standard InChI is InChI=1S/C17H19N3O/c1-12-14(13-6-4-5-7-17(13)21-12)10-19-15-11-18-9-8-16(15)20(2)3/h4-9,11,19H,10H2,1-3H3. The third-order valence-electron chi connectivity index (χ3n) is 3.64. The highest BCUT2D eigenvalue weighted by atomic mass is 16.3. The first-order valence-electron chi connectivity index (χ1n) is 6.99. The molecule has 1 aromatic carbocycles. The van der Waals surface area contributed by atoms with Gasteiger partial charge >= 0.3 is 0 Å². The van der Waals surface area contributed by atoms with Gasteiger partial charge in [0.2, 0.25) is 0 Å². The number of hydrogen-bond donors (Lipinski definition) is 1. The van der Waals surface area contributed by atoms with Crippen LogP contribution < -0.4 is 10.2 Å². The first-order valence-corrected chi connectivity index (χ1v) is 6.99. The molecule has 21 heavy (non-hydrogen) atoms. The lowest BCUT2D eigenvalue weighted by Gasteiger charge is -2.17. The predicted molar refractivity (Wildman–Crippen MR) is 86.8 cm³/mol. The number of aromatic nitrogens is 1. The average Bonchev–Trinajstić information content (AvgIpc) is 2.81. The van der Waals surface area contributed by atoms with Crippen molar-refractivity contribution in [1.29, 1.82) is 0 Å². The molecule has 4 nitrogen and oxygen atoms in total. The van der Waals surface area contributed by atoms with Crippen molar-refractivity contribution < 1.29 is 4.42 Å². The van der Waals surface area contributed by atoms with Crippen LogP contribution in [0, 0.1) is 6.92 Å².